The monoisotopic (exact) mass is 366 g/mol. The van der Waals surface area contributed by atoms with Gasteiger partial charge in [-0.1, -0.05) is 51.9 Å². The SMILES string of the molecule is CCCCCCCCCCOC(=O)CCOC(=O)CCS(=O)(=O)O. The zero-order chi connectivity index (χ0) is 18.3. The number of hydrogen-bond acceptors (Lipinski definition) is 6. The summed E-state index contributed by atoms with van der Waals surface area (Å²) < 4.78 is 39.1. The number of ether oxygens (including phenoxy) is 2. The van der Waals surface area contributed by atoms with Crippen LogP contribution < -0.4 is 0 Å². The summed E-state index contributed by atoms with van der Waals surface area (Å²) in [6.45, 7) is 2.40. The van der Waals surface area contributed by atoms with Gasteiger partial charge in [-0.05, 0) is 6.42 Å². The van der Waals surface area contributed by atoms with Crippen molar-refractivity contribution in [3.63, 3.8) is 0 Å². The van der Waals surface area contributed by atoms with Crippen molar-refractivity contribution in [3.05, 3.63) is 0 Å². The maximum atomic E-state index is 11.4. The molecular weight excluding hydrogens is 336 g/mol. The Bertz CT molecular complexity index is 445. The van der Waals surface area contributed by atoms with E-state index in [1.165, 1.54) is 32.1 Å². The standard InChI is InChI=1S/C16H30O7S/c1-2-3-4-5-6-7-8-9-12-22-15(17)10-13-23-16(18)11-14-24(19,20)21/h2-14H2,1H3,(H,19,20,21). The fourth-order valence-corrected chi connectivity index (χ4v) is 2.45. The summed E-state index contributed by atoms with van der Waals surface area (Å²) in [6.07, 6.45) is 8.80. The Morgan fingerprint density at radius 3 is 1.88 bits per heavy atom. The summed E-state index contributed by atoms with van der Waals surface area (Å²) >= 11 is 0. The van der Waals surface area contributed by atoms with Gasteiger partial charge < -0.3 is 9.47 Å². The number of rotatable bonds is 15. The van der Waals surface area contributed by atoms with Crippen LogP contribution in [0.25, 0.3) is 0 Å². The van der Waals surface area contributed by atoms with Gasteiger partial charge >= 0.3 is 11.9 Å². The molecule has 0 bridgehead atoms. The van der Waals surface area contributed by atoms with Crippen molar-refractivity contribution in [2.45, 2.75) is 71.1 Å². The van der Waals surface area contributed by atoms with E-state index in [0.29, 0.717) is 6.61 Å². The maximum Gasteiger partial charge on any atom is 0.309 e. The van der Waals surface area contributed by atoms with E-state index in [0.717, 1.165) is 19.3 Å². The fourth-order valence-electron chi connectivity index (χ4n) is 2.03. The molecule has 0 unspecified atom stereocenters. The first-order chi connectivity index (χ1) is 11.3. The Balaban J connectivity index is 3.42. The highest BCUT2D eigenvalue weighted by atomic mass is 32.2. The van der Waals surface area contributed by atoms with Gasteiger partial charge in [0.25, 0.3) is 10.1 Å². The predicted molar refractivity (Wildman–Crippen MR) is 90.2 cm³/mol. The molecule has 142 valence electrons. The van der Waals surface area contributed by atoms with E-state index >= 15 is 0 Å². The molecule has 0 saturated carbocycles. The van der Waals surface area contributed by atoms with E-state index in [4.69, 9.17) is 9.29 Å². The fraction of sp³-hybridized carbons (Fsp3) is 0.875. The lowest BCUT2D eigenvalue weighted by molar-refractivity contribution is -0.149. The van der Waals surface area contributed by atoms with Gasteiger partial charge in [-0.15, -0.1) is 0 Å². The third-order valence-electron chi connectivity index (χ3n) is 3.39. The van der Waals surface area contributed by atoms with Crippen LogP contribution in [0.1, 0.15) is 71.1 Å². The normalized spacial score (nSPS) is 11.2. The molecule has 0 radical (unpaired) electrons. The minimum absolute atomic E-state index is 0.0609. The van der Waals surface area contributed by atoms with E-state index in [9.17, 15) is 18.0 Å². The van der Waals surface area contributed by atoms with Crippen molar-refractivity contribution in [3.8, 4) is 0 Å². The first-order valence-electron chi connectivity index (χ1n) is 8.61. The molecule has 0 aromatic heterocycles. The van der Waals surface area contributed by atoms with Crippen LogP contribution >= 0.6 is 0 Å². The Morgan fingerprint density at radius 2 is 1.29 bits per heavy atom. The van der Waals surface area contributed by atoms with Crippen LogP contribution in [0.15, 0.2) is 0 Å². The third kappa shape index (κ3) is 17.2. The molecule has 7 nitrogen and oxygen atoms in total. The number of hydrogen-bond donors (Lipinski definition) is 1. The molecule has 0 aromatic carbocycles. The predicted octanol–water partition coefficient (Wildman–Crippen LogP) is 2.88. The van der Waals surface area contributed by atoms with Crippen molar-refractivity contribution in [1.82, 2.24) is 0 Å². The topological polar surface area (TPSA) is 107 Å². The van der Waals surface area contributed by atoms with Gasteiger partial charge in [0.15, 0.2) is 0 Å². The van der Waals surface area contributed by atoms with Crippen LogP contribution in [0.4, 0.5) is 0 Å². The summed E-state index contributed by atoms with van der Waals surface area (Å²) in [7, 11) is -4.18. The van der Waals surface area contributed by atoms with Crippen LogP contribution in [0.5, 0.6) is 0 Å². The molecule has 0 aliphatic heterocycles. The first kappa shape index (κ1) is 22.9. The second-order valence-electron chi connectivity index (χ2n) is 5.70. The second-order valence-corrected chi connectivity index (χ2v) is 7.27. The zero-order valence-electron chi connectivity index (χ0n) is 14.5. The van der Waals surface area contributed by atoms with Gasteiger partial charge in [0.05, 0.1) is 25.2 Å². The number of carbonyl (C=O) groups is 2. The molecule has 0 fully saturated rings. The Morgan fingerprint density at radius 1 is 0.792 bits per heavy atom. The average molecular weight is 366 g/mol. The van der Waals surface area contributed by atoms with E-state index in [-0.39, 0.29) is 13.0 Å². The molecular formula is C16H30O7S. The highest BCUT2D eigenvalue weighted by molar-refractivity contribution is 7.85. The van der Waals surface area contributed by atoms with Gasteiger partial charge in [-0.25, -0.2) is 0 Å². The van der Waals surface area contributed by atoms with Crippen LogP contribution in [-0.4, -0.2) is 43.9 Å². The molecule has 0 aliphatic rings. The van der Waals surface area contributed by atoms with Gasteiger partial charge in [0.2, 0.25) is 0 Å². The van der Waals surface area contributed by atoms with Crippen molar-refractivity contribution in [1.29, 1.82) is 0 Å². The molecule has 0 saturated heterocycles. The van der Waals surface area contributed by atoms with E-state index < -0.39 is 34.2 Å². The van der Waals surface area contributed by atoms with E-state index in [2.05, 4.69) is 11.7 Å². The largest absolute Gasteiger partial charge is 0.466 e. The lowest BCUT2D eigenvalue weighted by atomic mass is 10.1. The summed E-state index contributed by atoms with van der Waals surface area (Å²) in [4.78, 5) is 22.5. The van der Waals surface area contributed by atoms with Crippen molar-refractivity contribution >= 4 is 22.1 Å². The molecule has 0 amide bonds. The van der Waals surface area contributed by atoms with Crippen LogP contribution in [0.2, 0.25) is 0 Å². The molecule has 0 aromatic rings. The van der Waals surface area contributed by atoms with E-state index in [1.807, 2.05) is 0 Å². The second kappa shape index (κ2) is 14.2. The molecule has 0 aliphatic carbocycles. The molecule has 0 spiro atoms. The number of esters is 2. The van der Waals surface area contributed by atoms with Crippen molar-refractivity contribution < 1.29 is 32.0 Å². The summed E-state index contributed by atoms with van der Waals surface area (Å²) in [5, 5.41) is 0. The van der Waals surface area contributed by atoms with Crippen molar-refractivity contribution in [2.24, 2.45) is 0 Å². The lowest BCUT2D eigenvalue weighted by Crippen LogP contribution is -2.15. The molecule has 1 N–H and O–H groups in total. The van der Waals surface area contributed by atoms with Crippen LogP contribution in [-0.2, 0) is 29.2 Å². The van der Waals surface area contributed by atoms with Crippen LogP contribution in [0, 0.1) is 0 Å². The third-order valence-corrected chi connectivity index (χ3v) is 4.11. The molecule has 8 heteroatoms. The lowest BCUT2D eigenvalue weighted by Gasteiger charge is -2.06. The Kier molecular flexibility index (Phi) is 13.5. The molecule has 0 atom stereocenters. The summed E-state index contributed by atoms with van der Waals surface area (Å²) in [6, 6.07) is 0. The summed E-state index contributed by atoms with van der Waals surface area (Å²) in [5.74, 6) is -1.90. The maximum absolute atomic E-state index is 11.4. The minimum atomic E-state index is -4.18. The van der Waals surface area contributed by atoms with Gasteiger partial charge in [0.1, 0.15) is 6.61 Å². The molecule has 0 rings (SSSR count). The molecule has 24 heavy (non-hydrogen) atoms. The Hall–Kier alpha value is -1.15. The van der Waals surface area contributed by atoms with Crippen molar-refractivity contribution in [2.75, 3.05) is 19.0 Å². The number of unbranched alkanes of at least 4 members (excludes halogenated alkanes) is 7. The van der Waals surface area contributed by atoms with Gasteiger partial charge in [0, 0.05) is 0 Å². The Labute approximate surface area is 144 Å². The first-order valence-corrected chi connectivity index (χ1v) is 10.2. The van der Waals surface area contributed by atoms with Crippen LogP contribution in [0.3, 0.4) is 0 Å². The van der Waals surface area contributed by atoms with Gasteiger partial charge in [-0.3, -0.25) is 14.1 Å². The molecule has 0 heterocycles. The van der Waals surface area contributed by atoms with E-state index in [1.54, 1.807) is 0 Å². The van der Waals surface area contributed by atoms with Gasteiger partial charge in [-0.2, -0.15) is 8.42 Å². The average Bonchev–Trinajstić information content (AvgIpc) is 2.50. The zero-order valence-corrected chi connectivity index (χ0v) is 15.3. The summed E-state index contributed by atoms with van der Waals surface area (Å²) in [5.41, 5.74) is 0. The smallest absolute Gasteiger partial charge is 0.309 e. The number of carbonyl (C=O) groups excluding carboxylic acids is 2. The quantitative estimate of drug-likeness (QED) is 0.270. The highest BCUT2D eigenvalue weighted by Gasteiger charge is 2.11. The highest BCUT2D eigenvalue weighted by Crippen LogP contribution is 2.08. The minimum Gasteiger partial charge on any atom is -0.466 e.